The minimum atomic E-state index is -4.96. The number of likely N-dealkylation sites (tertiary alicyclic amines) is 1. The summed E-state index contributed by atoms with van der Waals surface area (Å²) in [5, 5.41) is 4.89. The van der Waals surface area contributed by atoms with Gasteiger partial charge in [-0.1, -0.05) is 34.4 Å². The normalized spacial score (nSPS) is 20.0. The van der Waals surface area contributed by atoms with Gasteiger partial charge in [0.2, 0.25) is 5.91 Å². The van der Waals surface area contributed by atoms with E-state index >= 15 is 0 Å². The molecule has 2 heterocycles. The molecule has 0 radical (unpaired) electrons. The van der Waals surface area contributed by atoms with E-state index in [1.54, 1.807) is 6.92 Å². The number of amides is 2. The maximum atomic E-state index is 14.2. The number of alkyl halides is 4. The highest BCUT2D eigenvalue weighted by atomic mass is 35.5. The first kappa shape index (κ1) is 26.2. The van der Waals surface area contributed by atoms with Crippen LogP contribution in [0.3, 0.4) is 0 Å². The molecule has 0 bridgehead atoms. The fraction of sp³-hybridized carbons (Fsp3) is 0.348. The summed E-state index contributed by atoms with van der Waals surface area (Å²) in [7, 11) is 0. The molecule has 2 aliphatic heterocycles. The number of nitrogens with one attached hydrogen (secondary N) is 1. The lowest BCUT2D eigenvalue weighted by atomic mass is 9.86. The Morgan fingerprint density at radius 1 is 1.19 bits per heavy atom. The first-order valence-corrected chi connectivity index (χ1v) is 11.4. The molecule has 0 spiro atoms. The molecule has 1 saturated heterocycles. The van der Waals surface area contributed by atoms with Crippen molar-refractivity contribution in [1.29, 1.82) is 0 Å². The number of halogens is 7. The van der Waals surface area contributed by atoms with Crippen molar-refractivity contribution in [2.45, 2.75) is 31.3 Å². The summed E-state index contributed by atoms with van der Waals surface area (Å²) < 4.78 is 69.2. The topological polar surface area (TPSA) is 71.0 Å². The average molecular weight is 550 g/mol. The molecule has 1 fully saturated rings. The lowest BCUT2D eigenvalue weighted by Gasteiger charge is -2.34. The Bertz CT molecular complexity index is 1240. The molecule has 1 atom stereocenters. The van der Waals surface area contributed by atoms with E-state index < -0.39 is 57.6 Å². The summed E-state index contributed by atoms with van der Waals surface area (Å²) >= 11 is 11.4. The van der Waals surface area contributed by atoms with E-state index in [1.165, 1.54) is 23.1 Å². The summed E-state index contributed by atoms with van der Waals surface area (Å²) in [5.74, 6) is -2.05. The molecule has 2 aliphatic rings. The predicted molar refractivity (Wildman–Crippen MR) is 121 cm³/mol. The number of rotatable bonds is 5. The Balaban J connectivity index is 1.52. The Hall–Kier alpha value is -2.92. The van der Waals surface area contributed by atoms with Gasteiger partial charge >= 0.3 is 6.18 Å². The van der Waals surface area contributed by atoms with Gasteiger partial charge in [-0.3, -0.25) is 9.59 Å². The van der Waals surface area contributed by atoms with Crippen LogP contribution in [0.1, 0.15) is 33.5 Å². The number of carbonyl (C=O) groups excluding carboxylic acids is 2. The molecule has 36 heavy (non-hydrogen) atoms. The second kappa shape index (κ2) is 9.51. The number of hydrogen-bond acceptors (Lipinski definition) is 4. The SMILES string of the molecule is Cc1cc(C2=NOC(c3cc(Cl)c(F)c(Cl)c3)(C(F)(F)F)C2)ccc1C(=O)NCC(=O)N1CC(F)C1. The summed E-state index contributed by atoms with van der Waals surface area (Å²) in [6.45, 7) is 1.23. The molecule has 4 rings (SSSR count). The molecular formula is C23H18Cl2F5N3O3. The van der Waals surface area contributed by atoms with Crippen LogP contribution in [-0.4, -0.2) is 54.4 Å². The average Bonchev–Trinajstić information content (AvgIpc) is 3.25. The molecule has 192 valence electrons. The third kappa shape index (κ3) is 4.73. The van der Waals surface area contributed by atoms with Crippen molar-refractivity contribution in [3.63, 3.8) is 0 Å². The van der Waals surface area contributed by atoms with E-state index in [2.05, 4.69) is 10.5 Å². The van der Waals surface area contributed by atoms with Crippen molar-refractivity contribution >= 4 is 40.7 Å². The number of hydrogen-bond donors (Lipinski definition) is 1. The summed E-state index contributed by atoms with van der Waals surface area (Å²) in [6, 6.07) is 5.82. The quantitative estimate of drug-likeness (QED) is 0.424. The Morgan fingerprint density at radius 3 is 2.39 bits per heavy atom. The number of carbonyl (C=O) groups is 2. The highest BCUT2D eigenvalue weighted by molar-refractivity contribution is 6.35. The molecule has 0 aromatic heterocycles. The van der Waals surface area contributed by atoms with Crippen LogP contribution in [0.2, 0.25) is 10.0 Å². The van der Waals surface area contributed by atoms with Gasteiger partial charge in [0.25, 0.3) is 11.5 Å². The molecule has 1 unspecified atom stereocenters. The number of aryl methyl sites for hydroxylation is 1. The van der Waals surface area contributed by atoms with E-state index in [0.29, 0.717) is 5.56 Å². The first-order valence-electron chi connectivity index (χ1n) is 10.6. The van der Waals surface area contributed by atoms with Gasteiger partial charge in [0.15, 0.2) is 5.82 Å². The Labute approximate surface area is 212 Å². The van der Waals surface area contributed by atoms with Gasteiger partial charge < -0.3 is 15.1 Å². The van der Waals surface area contributed by atoms with Crippen LogP contribution < -0.4 is 5.32 Å². The predicted octanol–water partition coefficient (Wildman–Crippen LogP) is 4.93. The molecule has 1 N–H and O–H groups in total. The fourth-order valence-corrected chi connectivity index (χ4v) is 4.42. The van der Waals surface area contributed by atoms with Gasteiger partial charge in [-0.25, -0.2) is 8.78 Å². The van der Waals surface area contributed by atoms with Crippen LogP contribution in [-0.2, 0) is 15.2 Å². The maximum Gasteiger partial charge on any atom is 0.435 e. The largest absolute Gasteiger partial charge is 0.435 e. The van der Waals surface area contributed by atoms with Crippen molar-refractivity contribution in [3.05, 3.63) is 68.4 Å². The molecule has 2 aromatic rings. The Kier molecular flexibility index (Phi) is 6.91. The zero-order valence-corrected chi connectivity index (χ0v) is 20.1. The zero-order chi connectivity index (χ0) is 26.4. The van der Waals surface area contributed by atoms with Crippen LogP contribution in [0.25, 0.3) is 0 Å². The smallest absolute Gasteiger partial charge is 0.374 e. The maximum absolute atomic E-state index is 14.2. The second-order valence-electron chi connectivity index (χ2n) is 8.49. The highest BCUT2D eigenvalue weighted by Crippen LogP contribution is 2.50. The van der Waals surface area contributed by atoms with Crippen molar-refractivity contribution in [2.75, 3.05) is 19.6 Å². The lowest BCUT2D eigenvalue weighted by molar-refractivity contribution is -0.275. The summed E-state index contributed by atoms with van der Waals surface area (Å²) in [4.78, 5) is 30.6. The molecule has 2 amide bonds. The van der Waals surface area contributed by atoms with Gasteiger partial charge in [-0.2, -0.15) is 13.2 Å². The third-order valence-corrected chi connectivity index (χ3v) is 6.58. The van der Waals surface area contributed by atoms with Crippen molar-refractivity contribution < 1.29 is 36.4 Å². The first-order chi connectivity index (χ1) is 16.8. The molecular weight excluding hydrogens is 532 g/mol. The number of oxime groups is 1. The van der Waals surface area contributed by atoms with E-state index in [9.17, 15) is 31.5 Å². The van der Waals surface area contributed by atoms with Gasteiger partial charge in [0.1, 0.15) is 6.17 Å². The molecule has 0 aliphatic carbocycles. The van der Waals surface area contributed by atoms with E-state index in [1.807, 2.05) is 0 Å². The Morgan fingerprint density at radius 2 is 1.83 bits per heavy atom. The van der Waals surface area contributed by atoms with Crippen LogP contribution in [0.5, 0.6) is 0 Å². The standard InChI is InChI=1S/C23H18Cl2F5N3O3/c1-11-4-12(2-3-15(11)21(35)31-8-19(34)33-9-14(26)10-33)18-7-22(36-32-18,23(28,29)30)13-5-16(24)20(27)17(25)6-13/h2-6,14H,7-10H2,1H3,(H,31,35). The third-order valence-electron chi connectivity index (χ3n) is 6.03. The zero-order valence-electron chi connectivity index (χ0n) is 18.6. The molecule has 2 aromatic carbocycles. The van der Waals surface area contributed by atoms with Crippen LogP contribution in [0.15, 0.2) is 35.5 Å². The van der Waals surface area contributed by atoms with E-state index in [0.717, 1.165) is 12.1 Å². The van der Waals surface area contributed by atoms with Crippen molar-refractivity contribution in [1.82, 2.24) is 10.2 Å². The fourth-order valence-electron chi connectivity index (χ4n) is 3.94. The summed E-state index contributed by atoms with van der Waals surface area (Å²) in [6.07, 6.45) is -6.77. The summed E-state index contributed by atoms with van der Waals surface area (Å²) in [5.41, 5.74) is -2.65. The molecule has 0 saturated carbocycles. The minimum absolute atomic E-state index is 0.0115. The van der Waals surface area contributed by atoms with Crippen LogP contribution in [0, 0.1) is 12.7 Å². The van der Waals surface area contributed by atoms with Crippen molar-refractivity contribution in [3.8, 4) is 0 Å². The van der Waals surface area contributed by atoms with E-state index in [-0.39, 0.29) is 36.5 Å². The van der Waals surface area contributed by atoms with Gasteiger partial charge in [-0.15, -0.1) is 0 Å². The van der Waals surface area contributed by atoms with Crippen LogP contribution in [0.4, 0.5) is 22.0 Å². The van der Waals surface area contributed by atoms with Crippen molar-refractivity contribution in [2.24, 2.45) is 5.16 Å². The van der Waals surface area contributed by atoms with Crippen LogP contribution >= 0.6 is 23.2 Å². The van der Waals surface area contributed by atoms with E-state index in [4.69, 9.17) is 28.0 Å². The van der Waals surface area contributed by atoms with Gasteiger partial charge in [-0.05, 0) is 42.3 Å². The minimum Gasteiger partial charge on any atom is -0.374 e. The highest BCUT2D eigenvalue weighted by Gasteiger charge is 2.62. The molecule has 6 nitrogen and oxygen atoms in total. The molecule has 13 heteroatoms. The van der Waals surface area contributed by atoms with Gasteiger partial charge in [0, 0.05) is 17.5 Å². The number of benzene rings is 2. The van der Waals surface area contributed by atoms with Gasteiger partial charge in [0.05, 0.1) is 35.4 Å². The monoisotopic (exact) mass is 549 g/mol. The number of nitrogens with zero attached hydrogens (tertiary/aromatic N) is 2. The second-order valence-corrected chi connectivity index (χ2v) is 9.31. The lowest BCUT2D eigenvalue weighted by Crippen LogP contribution is -2.54.